The second-order valence-corrected chi connectivity index (χ2v) is 12.2. The number of carbonyl (C=O) groups excluding carboxylic acids is 1. The van der Waals surface area contributed by atoms with Gasteiger partial charge in [0.05, 0.1) is 11.4 Å². The first-order valence-corrected chi connectivity index (χ1v) is 14.6. The van der Waals surface area contributed by atoms with Gasteiger partial charge in [0, 0.05) is 32.8 Å². The van der Waals surface area contributed by atoms with E-state index in [9.17, 15) is 4.79 Å². The molecule has 0 saturated carbocycles. The monoisotopic (exact) mass is 523 g/mol. The number of anilines is 1. The molecule has 35 heavy (non-hydrogen) atoms. The zero-order chi connectivity index (χ0) is 24.5. The summed E-state index contributed by atoms with van der Waals surface area (Å²) in [5.41, 5.74) is 5.77. The molecule has 1 aliphatic rings. The van der Waals surface area contributed by atoms with Crippen molar-refractivity contribution in [2.75, 3.05) is 11.1 Å². The highest BCUT2D eigenvalue weighted by Gasteiger charge is 2.25. The minimum Gasteiger partial charge on any atom is -0.301 e. The van der Waals surface area contributed by atoms with Crippen LogP contribution in [0.5, 0.6) is 0 Å². The van der Waals surface area contributed by atoms with Gasteiger partial charge in [0.25, 0.3) is 0 Å². The Kier molecular flexibility index (Phi) is 7.09. The van der Waals surface area contributed by atoms with E-state index >= 15 is 0 Å². The smallest absolute Gasteiger partial charge is 0.236 e. The van der Waals surface area contributed by atoms with Crippen molar-refractivity contribution in [2.24, 2.45) is 5.92 Å². The summed E-state index contributed by atoms with van der Waals surface area (Å²) in [5, 5.41) is 17.6. The molecule has 1 aromatic carbocycles. The number of amides is 1. The van der Waals surface area contributed by atoms with E-state index in [-0.39, 0.29) is 17.7 Å². The van der Waals surface area contributed by atoms with Gasteiger partial charge in [0.15, 0.2) is 16.1 Å². The highest BCUT2D eigenvalue weighted by molar-refractivity contribution is 7.99. The van der Waals surface area contributed by atoms with E-state index in [0.717, 1.165) is 41.0 Å². The van der Waals surface area contributed by atoms with Crippen LogP contribution in [0.2, 0.25) is 0 Å². The second-order valence-electron chi connectivity index (χ2n) is 9.41. The maximum atomic E-state index is 12.7. The van der Waals surface area contributed by atoms with Gasteiger partial charge in [-0.3, -0.25) is 9.36 Å². The van der Waals surface area contributed by atoms with Crippen LogP contribution in [0.1, 0.15) is 49.2 Å². The predicted octanol–water partition coefficient (Wildman–Crippen LogP) is 6.88. The third-order valence-corrected chi connectivity index (χ3v) is 9.01. The van der Waals surface area contributed by atoms with E-state index in [0.29, 0.717) is 5.13 Å². The maximum absolute atomic E-state index is 12.7. The molecule has 5 rings (SSSR count). The molecule has 0 fully saturated rings. The van der Waals surface area contributed by atoms with Gasteiger partial charge in [0.2, 0.25) is 5.91 Å². The number of rotatable bonds is 7. The number of benzene rings is 1. The molecule has 1 unspecified atom stereocenters. The van der Waals surface area contributed by atoms with Crippen molar-refractivity contribution in [3.8, 4) is 22.6 Å². The highest BCUT2D eigenvalue weighted by Crippen LogP contribution is 2.39. The Labute approximate surface area is 218 Å². The number of aryl methyl sites for hydroxylation is 1. The van der Waals surface area contributed by atoms with E-state index in [1.165, 1.54) is 51.1 Å². The maximum Gasteiger partial charge on any atom is 0.236 e. The summed E-state index contributed by atoms with van der Waals surface area (Å²) >= 11 is 4.70. The van der Waals surface area contributed by atoms with Gasteiger partial charge in [0.1, 0.15) is 0 Å². The quantitative estimate of drug-likeness (QED) is 0.268. The molecule has 1 atom stereocenters. The van der Waals surface area contributed by atoms with Gasteiger partial charge < -0.3 is 5.32 Å². The number of hydrogen-bond acceptors (Lipinski definition) is 7. The first-order valence-electron chi connectivity index (χ1n) is 11.9. The minimum absolute atomic E-state index is 0.0958. The standard InChI is InChI=1S/C26H29N5OS3/c1-15(2)31-24(20-12-33-22-11-17(4)7-10-19(20)22)29-30-26(31)35-14-23(32)28-25-27-21(13-34-25)18-8-5-16(3)6-9-18/h5-6,8-9,12-13,15,17H,7,10-11,14H2,1-4H3,(H,27,28,32). The lowest BCUT2D eigenvalue weighted by molar-refractivity contribution is -0.113. The topological polar surface area (TPSA) is 72.7 Å². The first-order chi connectivity index (χ1) is 16.9. The Hall–Kier alpha value is -2.49. The predicted molar refractivity (Wildman–Crippen MR) is 147 cm³/mol. The van der Waals surface area contributed by atoms with Gasteiger partial charge in [-0.05, 0) is 51.5 Å². The lowest BCUT2D eigenvalue weighted by atomic mass is 9.88. The fraction of sp³-hybridized carbons (Fsp3) is 0.385. The van der Waals surface area contributed by atoms with Crippen LogP contribution in [0.15, 0.2) is 40.2 Å². The van der Waals surface area contributed by atoms with Crippen LogP contribution >= 0.6 is 34.4 Å². The second kappa shape index (κ2) is 10.2. The van der Waals surface area contributed by atoms with Crippen LogP contribution in [-0.4, -0.2) is 31.4 Å². The highest BCUT2D eigenvalue weighted by atomic mass is 32.2. The Morgan fingerprint density at radius 2 is 2.00 bits per heavy atom. The average molecular weight is 524 g/mol. The summed E-state index contributed by atoms with van der Waals surface area (Å²) in [6, 6.07) is 8.42. The molecule has 3 heterocycles. The van der Waals surface area contributed by atoms with Crippen molar-refractivity contribution in [2.45, 2.75) is 58.2 Å². The number of aromatic nitrogens is 4. The van der Waals surface area contributed by atoms with Gasteiger partial charge in [-0.25, -0.2) is 4.98 Å². The van der Waals surface area contributed by atoms with Crippen LogP contribution in [-0.2, 0) is 17.6 Å². The molecule has 9 heteroatoms. The summed E-state index contributed by atoms with van der Waals surface area (Å²) in [4.78, 5) is 18.8. The Morgan fingerprint density at radius 3 is 2.77 bits per heavy atom. The number of fused-ring (bicyclic) bond motifs is 1. The number of nitrogens with one attached hydrogen (secondary N) is 1. The number of thioether (sulfide) groups is 1. The summed E-state index contributed by atoms with van der Waals surface area (Å²) in [6.45, 7) is 8.67. The molecule has 1 aliphatic carbocycles. The number of thiazole rings is 1. The fourth-order valence-corrected chi connectivity index (χ4v) is 7.21. The normalized spacial score (nSPS) is 15.4. The molecule has 1 amide bonds. The summed E-state index contributed by atoms with van der Waals surface area (Å²) in [7, 11) is 0. The summed E-state index contributed by atoms with van der Waals surface area (Å²) in [5.74, 6) is 1.82. The molecule has 0 aliphatic heterocycles. The minimum atomic E-state index is -0.0958. The SMILES string of the molecule is Cc1ccc(-c2csc(NC(=O)CSc3nnc(-c4csc5c4CCC(C)C5)n3C(C)C)n2)cc1. The van der Waals surface area contributed by atoms with E-state index in [2.05, 4.69) is 70.3 Å². The molecular formula is C26H29N5OS3. The van der Waals surface area contributed by atoms with Crippen LogP contribution in [0, 0.1) is 12.8 Å². The zero-order valence-electron chi connectivity index (χ0n) is 20.4. The average Bonchev–Trinajstić information content (AvgIpc) is 3.56. The van der Waals surface area contributed by atoms with Crippen molar-refractivity contribution < 1.29 is 4.79 Å². The van der Waals surface area contributed by atoms with E-state index in [1.807, 2.05) is 28.8 Å². The molecule has 4 aromatic rings. The first kappa shape index (κ1) is 24.2. The molecule has 0 saturated heterocycles. The van der Waals surface area contributed by atoms with E-state index in [1.54, 1.807) is 0 Å². The molecule has 182 valence electrons. The van der Waals surface area contributed by atoms with Crippen LogP contribution < -0.4 is 5.32 Å². The Morgan fingerprint density at radius 1 is 1.20 bits per heavy atom. The molecule has 1 N–H and O–H groups in total. The fourth-order valence-electron chi connectivity index (χ4n) is 4.36. The zero-order valence-corrected chi connectivity index (χ0v) is 22.8. The Bertz CT molecular complexity index is 1340. The van der Waals surface area contributed by atoms with Crippen molar-refractivity contribution in [3.05, 3.63) is 51.0 Å². The van der Waals surface area contributed by atoms with Crippen LogP contribution in [0.3, 0.4) is 0 Å². The van der Waals surface area contributed by atoms with Crippen molar-refractivity contribution in [3.63, 3.8) is 0 Å². The summed E-state index contributed by atoms with van der Waals surface area (Å²) in [6.07, 6.45) is 3.47. The Balaban J connectivity index is 1.27. The van der Waals surface area contributed by atoms with Gasteiger partial charge in [-0.1, -0.05) is 48.5 Å². The summed E-state index contributed by atoms with van der Waals surface area (Å²) < 4.78 is 2.16. The van der Waals surface area contributed by atoms with E-state index in [4.69, 9.17) is 0 Å². The number of nitrogens with zero attached hydrogens (tertiary/aromatic N) is 4. The number of carbonyl (C=O) groups is 1. The third kappa shape index (κ3) is 5.22. The largest absolute Gasteiger partial charge is 0.301 e. The molecular weight excluding hydrogens is 495 g/mol. The van der Waals surface area contributed by atoms with Gasteiger partial charge in [-0.15, -0.1) is 32.9 Å². The lowest BCUT2D eigenvalue weighted by Crippen LogP contribution is -2.15. The van der Waals surface area contributed by atoms with Crippen molar-refractivity contribution in [1.82, 2.24) is 19.7 Å². The van der Waals surface area contributed by atoms with Crippen LogP contribution in [0.4, 0.5) is 5.13 Å². The molecule has 0 bridgehead atoms. The number of hydrogen-bond donors (Lipinski definition) is 1. The van der Waals surface area contributed by atoms with Crippen molar-refractivity contribution >= 4 is 45.5 Å². The lowest BCUT2D eigenvalue weighted by Gasteiger charge is -2.19. The van der Waals surface area contributed by atoms with E-state index < -0.39 is 0 Å². The third-order valence-electron chi connectivity index (χ3n) is 6.25. The molecule has 6 nitrogen and oxygen atoms in total. The molecule has 0 spiro atoms. The van der Waals surface area contributed by atoms with Crippen LogP contribution in [0.25, 0.3) is 22.6 Å². The van der Waals surface area contributed by atoms with Gasteiger partial charge in [-0.2, -0.15) is 0 Å². The molecule has 0 radical (unpaired) electrons. The van der Waals surface area contributed by atoms with Crippen molar-refractivity contribution in [1.29, 1.82) is 0 Å². The number of thiophene rings is 1. The van der Waals surface area contributed by atoms with Gasteiger partial charge >= 0.3 is 0 Å². The molecule has 3 aromatic heterocycles.